The number of amides is 2. The molecule has 1 aromatic rings. The lowest BCUT2D eigenvalue weighted by Gasteiger charge is -2.23. The largest absolute Gasteiger partial charge is 0.355 e. The molecule has 0 radical (unpaired) electrons. The zero-order valence-electron chi connectivity index (χ0n) is 14.5. The van der Waals surface area contributed by atoms with Gasteiger partial charge in [-0.3, -0.25) is 14.4 Å². The van der Waals surface area contributed by atoms with E-state index in [1.54, 1.807) is 38.1 Å². The maximum Gasteiger partial charge on any atom is 0.239 e. The number of ketones is 1. The van der Waals surface area contributed by atoms with Crippen LogP contribution in [-0.4, -0.2) is 24.1 Å². The van der Waals surface area contributed by atoms with E-state index in [1.807, 2.05) is 0 Å². The smallest absolute Gasteiger partial charge is 0.239 e. The Morgan fingerprint density at radius 2 is 1.78 bits per heavy atom. The maximum atomic E-state index is 12.4. The molecule has 0 bridgehead atoms. The minimum Gasteiger partial charge on any atom is -0.355 e. The molecule has 5 nitrogen and oxygen atoms in total. The zero-order chi connectivity index (χ0) is 17.6. The van der Waals surface area contributed by atoms with Gasteiger partial charge in [0.1, 0.15) is 5.41 Å². The summed E-state index contributed by atoms with van der Waals surface area (Å²) in [5, 5.41) is 5.50. The highest BCUT2D eigenvalue weighted by Crippen LogP contribution is 2.20. The Morgan fingerprint density at radius 1 is 1.13 bits per heavy atom. The van der Waals surface area contributed by atoms with E-state index in [2.05, 4.69) is 24.5 Å². The van der Waals surface area contributed by atoms with Crippen molar-refractivity contribution in [1.82, 2.24) is 5.32 Å². The van der Waals surface area contributed by atoms with Gasteiger partial charge in [-0.15, -0.1) is 0 Å². The Hall–Kier alpha value is -2.17. The molecule has 0 saturated carbocycles. The quantitative estimate of drug-likeness (QED) is 0.599. The van der Waals surface area contributed by atoms with Crippen LogP contribution in [0.15, 0.2) is 24.3 Å². The van der Waals surface area contributed by atoms with Gasteiger partial charge in [0, 0.05) is 17.8 Å². The summed E-state index contributed by atoms with van der Waals surface area (Å²) in [5.41, 5.74) is -0.170. The lowest BCUT2D eigenvalue weighted by Crippen LogP contribution is -2.45. The fourth-order valence-electron chi connectivity index (χ4n) is 1.90. The molecule has 23 heavy (non-hydrogen) atoms. The number of hydrogen-bond acceptors (Lipinski definition) is 3. The maximum absolute atomic E-state index is 12.4. The van der Waals surface area contributed by atoms with E-state index in [9.17, 15) is 14.4 Å². The third-order valence-electron chi connectivity index (χ3n) is 3.67. The number of carbonyl (C=O) groups is 3. The average molecular weight is 318 g/mol. The van der Waals surface area contributed by atoms with Gasteiger partial charge in [-0.2, -0.15) is 0 Å². The van der Waals surface area contributed by atoms with Crippen molar-refractivity contribution in [3.05, 3.63) is 29.8 Å². The minimum atomic E-state index is -1.19. The van der Waals surface area contributed by atoms with Crippen LogP contribution in [0.25, 0.3) is 0 Å². The van der Waals surface area contributed by atoms with Crippen LogP contribution in [0.3, 0.4) is 0 Å². The Labute approximate surface area is 137 Å². The third-order valence-corrected chi connectivity index (χ3v) is 3.67. The van der Waals surface area contributed by atoms with Crippen molar-refractivity contribution in [3.63, 3.8) is 0 Å². The van der Waals surface area contributed by atoms with Crippen LogP contribution >= 0.6 is 0 Å². The van der Waals surface area contributed by atoms with Crippen LogP contribution in [0, 0.1) is 11.3 Å². The second-order valence-corrected chi connectivity index (χ2v) is 6.65. The van der Waals surface area contributed by atoms with Gasteiger partial charge in [0.25, 0.3) is 0 Å². The van der Waals surface area contributed by atoms with Crippen LogP contribution < -0.4 is 10.6 Å². The number of rotatable bonds is 7. The zero-order valence-corrected chi connectivity index (χ0v) is 14.5. The van der Waals surface area contributed by atoms with Gasteiger partial charge in [0.05, 0.1) is 0 Å². The second kappa shape index (κ2) is 7.90. The summed E-state index contributed by atoms with van der Waals surface area (Å²) in [4.78, 5) is 36.0. The minimum absolute atomic E-state index is 0.0770. The monoisotopic (exact) mass is 318 g/mol. The van der Waals surface area contributed by atoms with Crippen LogP contribution in [0.1, 0.15) is 51.4 Å². The predicted octanol–water partition coefficient (Wildman–Crippen LogP) is 3.02. The summed E-state index contributed by atoms with van der Waals surface area (Å²) in [6.07, 6.45) is 0.865. The van der Waals surface area contributed by atoms with E-state index >= 15 is 0 Å². The summed E-state index contributed by atoms with van der Waals surface area (Å²) >= 11 is 0. The van der Waals surface area contributed by atoms with Crippen molar-refractivity contribution in [2.45, 2.75) is 41.0 Å². The second-order valence-electron chi connectivity index (χ2n) is 6.65. The molecular weight excluding hydrogens is 292 g/mol. The standard InChI is InChI=1S/C18H26N2O3/c1-12(2)9-10-19-16(22)18(4,5)17(23)20-15-8-6-7-14(11-15)13(3)21/h6-8,11-12H,9-10H2,1-5H3,(H,19,22)(H,20,23). The molecule has 1 aromatic carbocycles. The lowest BCUT2D eigenvalue weighted by atomic mass is 9.90. The average Bonchev–Trinajstić information content (AvgIpc) is 2.46. The molecule has 0 aromatic heterocycles. The molecule has 5 heteroatoms. The summed E-state index contributed by atoms with van der Waals surface area (Å²) in [6.45, 7) is 9.34. The first kappa shape index (κ1) is 18.9. The van der Waals surface area contributed by atoms with Gasteiger partial charge in [0.15, 0.2) is 5.78 Å². The van der Waals surface area contributed by atoms with Crippen LogP contribution in [0.4, 0.5) is 5.69 Å². The lowest BCUT2D eigenvalue weighted by molar-refractivity contribution is -0.138. The molecule has 0 fully saturated rings. The van der Waals surface area contributed by atoms with E-state index in [-0.39, 0.29) is 11.7 Å². The molecule has 0 aliphatic carbocycles. The highest BCUT2D eigenvalue weighted by Gasteiger charge is 2.35. The molecule has 0 heterocycles. The van der Waals surface area contributed by atoms with Crippen LogP contribution in [0.5, 0.6) is 0 Å². The van der Waals surface area contributed by atoms with Crippen molar-refractivity contribution in [2.75, 3.05) is 11.9 Å². The molecule has 2 amide bonds. The van der Waals surface area contributed by atoms with E-state index < -0.39 is 11.3 Å². The molecule has 0 unspecified atom stereocenters. The van der Waals surface area contributed by atoms with Crippen molar-refractivity contribution < 1.29 is 14.4 Å². The van der Waals surface area contributed by atoms with Crippen molar-refractivity contribution in [3.8, 4) is 0 Å². The molecule has 2 N–H and O–H groups in total. The van der Waals surface area contributed by atoms with Gasteiger partial charge in [-0.05, 0) is 45.2 Å². The number of Topliss-reactive ketones (excluding diaryl/α,β-unsaturated/α-hetero) is 1. The highest BCUT2D eigenvalue weighted by molar-refractivity contribution is 6.10. The predicted molar refractivity (Wildman–Crippen MR) is 91.3 cm³/mol. The molecule has 0 spiro atoms. The summed E-state index contributed by atoms with van der Waals surface area (Å²) in [5.74, 6) is -0.299. The van der Waals surface area contributed by atoms with Gasteiger partial charge in [0.2, 0.25) is 11.8 Å². The molecule has 1 rings (SSSR count). The fraction of sp³-hybridized carbons (Fsp3) is 0.500. The van der Waals surface area contributed by atoms with E-state index in [1.165, 1.54) is 6.92 Å². The summed E-state index contributed by atoms with van der Waals surface area (Å²) in [7, 11) is 0. The Kier molecular flexibility index (Phi) is 6.49. The molecule has 0 aliphatic heterocycles. The van der Waals surface area contributed by atoms with Gasteiger partial charge in [-0.25, -0.2) is 0 Å². The normalized spacial score (nSPS) is 11.2. The first-order chi connectivity index (χ1) is 10.6. The van der Waals surface area contributed by atoms with Crippen LogP contribution in [0.2, 0.25) is 0 Å². The van der Waals surface area contributed by atoms with Crippen LogP contribution in [-0.2, 0) is 9.59 Å². The van der Waals surface area contributed by atoms with Gasteiger partial charge in [-0.1, -0.05) is 26.0 Å². The molecule has 0 aliphatic rings. The van der Waals surface area contributed by atoms with Crippen molar-refractivity contribution >= 4 is 23.3 Å². The number of benzene rings is 1. The highest BCUT2D eigenvalue weighted by atomic mass is 16.2. The number of carbonyl (C=O) groups excluding carboxylic acids is 3. The van der Waals surface area contributed by atoms with Crippen molar-refractivity contribution in [2.24, 2.45) is 11.3 Å². The molecular formula is C18H26N2O3. The summed E-state index contributed by atoms with van der Waals surface area (Å²) in [6, 6.07) is 6.67. The Balaban J connectivity index is 2.73. The van der Waals surface area contributed by atoms with Gasteiger partial charge < -0.3 is 10.6 Å². The first-order valence-electron chi connectivity index (χ1n) is 7.85. The molecule has 126 valence electrons. The van der Waals surface area contributed by atoms with E-state index in [0.717, 1.165) is 6.42 Å². The third kappa shape index (κ3) is 5.51. The first-order valence-corrected chi connectivity index (χ1v) is 7.85. The van der Waals surface area contributed by atoms with E-state index in [0.29, 0.717) is 23.7 Å². The van der Waals surface area contributed by atoms with Gasteiger partial charge >= 0.3 is 0 Å². The fourth-order valence-corrected chi connectivity index (χ4v) is 1.90. The molecule has 0 saturated heterocycles. The number of anilines is 1. The topological polar surface area (TPSA) is 75.3 Å². The Bertz CT molecular complexity index is 592. The number of hydrogen-bond donors (Lipinski definition) is 2. The number of nitrogens with one attached hydrogen (secondary N) is 2. The summed E-state index contributed by atoms with van der Waals surface area (Å²) < 4.78 is 0. The van der Waals surface area contributed by atoms with Crippen molar-refractivity contribution in [1.29, 1.82) is 0 Å². The Morgan fingerprint density at radius 3 is 2.35 bits per heavy atom. The SMILES string of the molecule is CC(=O)c1cccc(NC(=O)C(C)(C)C(=O)NCCC(C)C)c1. The molecule has 0 atom stereocenters. The van der Waals surface area contributed by atoms with E-state index in [4.69, 9.17) is 0 Å².